The summed E-state index contributed by atoms with van der Waals surface area (Å²) < 4.78 is 25.0. The molecule has 0 bridgehead atoms. The number of carbonyl (C=O) groups excluding carboxylic acids is 1. The van der Waals surface area contributed by atoms with Gasteiger partial charge in [-0.25, -0.2) is 0 Å². The van der Waals surface area contributed by atoms with Gasteiger partial charge >= 0.3 is 0 Å². The van der Waals surface area contributed by atoms with Crippen LogP contribution in [0.25, 0.3) is 0 Å². The number of carbonyl (C=O) groups is 1. The van der Waals surface area contributed by atoms with Gasteiger partial charge in [0, 0.05) is 11.3 Å². The lowest BCUT2D eigenvalue weighted by atomic mass is 9.97. The lowest BCUT2D eigenvalue weighted by Gasteiger charge is -2.14. The summed E-state index contributed by atoms with van der Waals surface area (Å²) in [6.45, 7) is 1.97. The summed E-state index contributed by atoms with van der Waals surface area (Å²) in [6.07, 6.45) is 0.303. The largest absolute Gasteiger partial charge is 0.325 e. The van der Waals surface area contributed by atoms with E-state index in [0.717, 1.165) is 5.56 Å². The Hall–Kier alpha value is -1.88. The van der Waals surface area contributed by atoms with Gasteiger partial charge in [0.05, 0.1) is 5.69 Å². The quantitative estimate of drug-likeness (QED) is 0.747. The number of para-hydroxylation sites is 1. The summed E-state index contributed by atoms with van der Waals surface area (Å²) in [4.78, 5) is 12.5. The molecule has 1 amide bonds. The van der Waals surface area contributed by atoms with Gasteiger partial charge in [0.25, 0.3) is 5.76 Å². The average Bonchev–Trinajstić information content (AvgIpc) is 2.49. The number of hydrogen-bond acceptors (Lipinski definition) is 2. The van der Waals surface area contributed by atoms with Crippen LogP contribution in [0.4, 0.5) is 14.5 Å². The molecule has 0 heterocycles. The number of anilines is 1. The lowest BCUT2D eigenvalue weighted by Crippen LogP contribution is -2.15. The van der Waals surface area contributed by atoms with E-state index in [-0.39, 0.29) is 11.8 Å². The van der Waals surface area contributed by atoms with Crippen LogP contribution in [0.2, 0.25) is 0 Å². The fourth-order valence-corrected chi connectivity index (χ4v) is 2.74. The average molecular weight is 321 g/mol. The second kappa shape index (κ2) is 7.94. The summed E-state index contributed by atoms with van der Waals surface area (Å²) in [5, 5.41) is 2.72. The number of rotatable bonds is 6. The van der Waals surface area contributed by atoms with Crippen LogP contribution in [0.15, 0.2) is 59.5 Å². The second-order valence-corrected chi connectivity index (χ2v) is 5.97. The standard InChI is InChI=1S/C17H17F2NOS/c1-12(13-7-3-2-4-8-13)11-16(21)20-14-9-5-6-10-15(14)22-17(18)19/h2-10,12,17H,11H2,1H3,(H,20,21)/t12-/m1/s1. The Morgan fingerprint density at radius 2 is 1.73 bits per heavy atom. The molecule has 2 aromatic carbocycles. The van der Waals surface area contributed by atoms with Gasteiger partial charge in [-0.3, -0.25) is 4.79 Å². The zero-order chi connectivity index (χ0) is 15.9. The molecule has 0 aliphatic rings. The van der Waals surface area contributed by atoms with E-state index < -0.39 is 5.76 Å². The number of benzene rings is 2. The summed E-state index contributed by atoms with van der Waals surface area (Å²) in [6, 6.07) is 16.3. The van der Waals surface area contributed by atoms with Gasteiger partial charge in [0.1, 0.15) is 0 Å². The first-order chi connectivity index (χ1) is 10.6. The number of thioether (sulfide) groups is 1. The Morgan fingerprint density at radius 3 is 2.41 bits per heavy atom. The van der Waals surface area contributed by atoms with E-state index in [2.05, 4.69) is 5.32 Å². The summed E-state index contributed by atoms with van der Waals surface area (Å²) in [5.74, 6) is -2.63. The highest BCUT2D eigenvalue weighted by atomic mass is 32.2. The molecule has 0 unspecified atom stereocenters. The van der Waals surface area contributed by atoms with Crippen molar-refractivity contribution in [3.8, 4) is 0 Å². The lowest BCUT2D eigenvalue weighted by molar-refractivity contribution is -0.116. The predicted molar refractivity (Wildman–Crippen MR) is 86.4 cm³/mol. The van der Waals surface area contributed by atoms with Crippen molar-refractivity contribution >= 4 is 23.4 Å². The molecule has 2 nitrogen and oxygen atoms in total. The smallest absolute Gasteiger partial charge is 0.288 e. The van der Waals surface area contributed by atoms with Crippen LogP contribution in [-0.2, 0) is 4.79 Å². The zero-order valence-corrected chi connectivity index (χ0v) is 12.9. The van der Waals surface area contributed by atoms with Gasteiger partial charge in [-0.15, -0.1) is 0 Å². The molecule has 1 atom stereocenters. The fraction of sp³-hybridized carbons (Fsp3) is 0.235. The molecule has 1 N–H and O–H groups in total. The van der Waals surface area contributed by atoms with Crippen molar-refractivity contribution in [2.24, 2.45) is 0 Å². The first-order valence-electron chi connectivity index (χ1n) is 6.95. The number of alkyl halides is 2. The fourth-order valence-electron chi connectivity index (χ4n) is 2.15. The van der Waals surface area contributed by atoms with Crippen LogP contribution >= 0.6 is 11.8 Å². The Balaban J connectivity index is 2.00. The third kappa shape index (κ3) is 4.84. The molecule has 0 spiro atoms. The van der Waals surface area contributed by atoms with E-state index in [4.69, 9.17) is 0 Å². The first kappa shape index (κ1) is 16.5. The van der Waals surface area contributed by atoms with Crippen molar-refractivity contribution in [3.63, 3.8) is 0 Å². The van der Waals surface area contributed by atoms with Gasteiger partial charge in [0.2, 0.25) is 5.91 Å². The van der Waals surface area contributed by atoms with Gasteiger partial charge in [-0.1, -0.05) is 61.2 Å². The molecule has 0 radical (unpaired) electrons. The summed E-state index contributed by atoms with van der Waals surface area (Å²) >= 11 is 0.434. The van der Waals surface area contributed by atoms with Crippen molar-refractivity contribution in [2.75, 3.05) is 5.32 Å². The van der Waals surface area contributed by atoms with Crippen LogP contribution in [0.3, 0.4) is 0 Å². The SMILES string of the molecule is C[C@H](CC(=O)Nc1ccccc1SC(F)F)c1ccccc1. The monoisotopic (exact) mass is 321 g/mol. The Morgan fingerprint density at radius 1 is 1.09 bits per heavy atom. The first-order valence-corrected chi connectivity index (χ1v) is 7.83. The molecule has 0 saturated heterocycles. The third-order valence-corrected chi connectivity index (χ3v) is 4.03. The van der Waals surface area contributed by atoms with Crippen molar-refractivity contribution in [3.05, 3.63) is 60.2 Å². The third-order valence-electron chi connectivity index (χ3n) is 3.24. The minimum absolute atomic E-state index is 0.0658. The van der Waals surface area contributed by atoms with E-state index in [1.807, 2.05) is 37.3 Å². The van der Waals surface area contributed by atoms with E-state index in [1.54, 1.807) is 24.3 Å². The molecular formula is C17H17F2NOS. The van der Waals surface area contributed by atoms with Gasteiger partial charge in [-0.2, -0.15) is 8.78 Å². The normalized spacial score (nSPS) is 12.2. The van der Waals surface area contributed by atoms with E-state index >= 15 is 0 Å². The molecule has 116 valence electrons. The van der Waals surface area contributed by atoms with E-state index in [0.29, 0.717) is 28.8 Å². The molecule has 5 heteroatoms. The molecule has 2 rings (SSSR count). The van der Waals surface area contributed by atoms with Crippen molar-refractivity contribution < 1.29 is 13.6 Å². The minimum atomic E-state index is -2.51. The highest BCUT2D eigenvalue weighted by molar-refractivity contribution is 7.99. The van der Waals surface area contributed by atoms with Gasteiger partial charge < -0.3 is 5.32 Å². The van der Waals surface area contributed by atoms with E-state index in [1.165, 1.54) is 0 Å². The summed E-state index contributed by atoms with van der Waals surface area (Å²) in [5.41, 5.74) is 1.51. The summed E-state index contributed by atoms with van der Waals surface area (Å²) in [7, 11) is 0. The Labute approximate surface area is 132 Å². The highest BCUT2D eigenvalue weighted by Gasteiger charge is 2.14. The maximum Gasteiger partial charge on any atom is 0.288 e. The minimum Gasteiger partial charge on any atom is -0.325 e. The molecule has 0 aliphatic carbocycles. The van der Waals surface area contributed by atoms with E-state index in [9.17, 15) is 13.6 Å². The second-order valence-electron chi connectivity index (χ2n) is 4.94. The molecule has 0 aromatic heterocycles. The topological polar surface area (TPSA) is 29.1 Å². The molecule has 0 saturated carbocycles. The highest BCUT2D eigenvalue weighted by Crippen LogP contribution is 2.32. The Kier molecular flexibility index (Phi) is 5.95. The molecule has 0 aliphatic heterocycles. The van der Waals surface area contributed by atoms with Crippen LogP contribution in [-0.4, -0.2) is 11.7 Å². The van der Waals surface area contributed by atoms with Crippen molar-refractivity contribution in [1.29, 1.82) is 0 Å². The number of nitrogens with one attached hydrogen (secondary N) is 1. The van der Waals surface area contributed by atoms with Gasteiger partial charge in [0.15, 0.2) is 0 Å². The number of hydrogen-bond donors (Lipinski definition) is 1. The maximum absolute atomic E-state index is 12.5. The van der Waals surface area contributed by atoms with Crippen molar-refractivity contribution in [2.45, 2.75) is 29.9 Å². The Bertz CT molecular complexity index is 619. The molecule has 22 heavy (non-hydrogen) atoms. The number of halogens is 2. The molecule has 2 aromatic rings. The van der Waals surface area contributed by atoms with Gasteiger partial charge in [-0.05, 0) is 23.6 Å². The van der Waals surface area contributed by atoms with Crippen LogP contribution in [0.1, 0.15) is 24.8 Å². The van der Waals surface area contributed by atoms with Crippen molar-refractivity contribution in [1.82, 2.24) is 0 Å². The molecule has 0 fully saturated rings. The number of amides is 1. The zero-order valence-electron chi connectivity index (χ0n) is 12.1. The van der Waals surface area contributed by atoms with Crippen LogP contribution < -0.4 is 5.32 Å². The maximum atomic E-state index is 12.5. The van der Waals surface area contributed by atoms with Crippen LogP contribution in [0, 0.1) is 0 Å². The predicted octanol–water partition coefficient (Wildman–Crippen LogP) is 5.13. The van der Waals surface area contributed by atoms with Crippen LogP contribution in [0.5, 0.6) is 0 Å². The molecular weight excluding hydrogens is 304 g/mol.